The molecule has 21 heavy (non-hydrogen) atoms. The molecule has 2 N–H and O–H groups in total. The number of ether oxygens (including phenoxy) is 1. The Kier molecular flexibility index (Phi) is 4.17. The van der Waals surface area contributed by atoms with Crippen LogP contribution in [-0.4, -0.2) is 28.6 Å². The number of aromatic nitrogens is 1. The number of aromatic carboxylic acids is 1. The van der Waals surface area contributed by atoms with Gasteiger partial charge in [0.2, 0.25) is 0 Å². The largest absolute Gasteiger partial charge is 0.478 e. The quantitative estimate of drug-likeness (QED) is 0.816. The third-order valence-corrected chi connectivity index (χ3v) is 2.45. The van der Waals surface area contributed by atoms with Crippen LogP contribution in [0.25, 0.3) is 0 Å². The van der Waals surface area contributed by atoms with E-state index in [0.717, 1.165) is 12.3 Å². The number of carbonyl (C=O) groups excluding carboxylic acids is 1. The molecule has 2 aromatic rings. The normalized spacial score (nSPS) is 10.2. The van der Waals surface area contributed by atoms with Gasteiger partial charge >= 0.3 is 11.9 Å². The fraction of sp³-hybridized carbons (Fsp3) is 0.154. The van der Waals surface area contributed by atoms with E-state index in [9.17, 15) is 14.0 Å². The highest BCUT2D eigenvalue weighted by Crippen LogP contribution is 2.21. The van der Waals surface area contributed by atoms with Gasteiger partial charge in [-0.15, -0.1) is 0 Å². The molecular weight excluding hydrogens is 283 g/mol. The molecule has 1 aromatic heterocycles. The topological polar surface area (TPSA) is 102 Å². The predicted molar refractivity (Wildman–Crippen MR) is 69.1 cm³/mol. The molecule has 1 aromatic carbocycles. The lowest BCUT2D eigenvalue weighted by Gasteiger charge is -2.04. The zero-order valence-corrected chi connectivity index (χ0v) is 10.9. The fourth-order valence-electron chi connectivity index (χ4n) is 1.49. The van der Waals surface area contributed by atoms with Gasteiger partial charge < -0.3 is 19.6 Å². The smallest absolute Gasteiger partial charge is 0.360 e. The van der Waals surface area contributed by atoms with Gasteiger partial charge in [-0.1, -0.05) is 0 Å². The summed E-state index contributed by atoms with van der Waals surface area (Å²) in [6.07, 6.45) is 1.07. The maximum Gasteiger partial charge on any atom is 0.360 e. The lowest BCUT2D eigenvalue weighted by molar-refractivity contribution is 0.0519. The minimum atomic E-state index is -1.24. The summed E-state index contributed by atoms with van der Waals surface area (Å²) in [7, 11) is 0. The molecule has 0 atom stereocenters. The molecule has 0 amide bonds. The zero-order valence-electron chi connectivity index (χ0n) is 10.9. The summed E-state index contributed by atoms with van der Waals surface area (Å²) in [6, 6.07) is 3.20. The minimum absolute atomic E-state index is 0.0303. The highest BCUT2D eigenvalue weighted by atomic mass is 19.1. The number of hydrogen-bond acceptors (Lipinski definition) is 6. The maximum absolute atomic E-state index is 13.7. The lowest BCUT2D eigenvalue weighted by Crippen LogP contribution is -2.05. The number of esters is 1. The lowest BCUT2D eigenvalue weighted by atomic mass is 10.2. The number of rotatable bonds is 5. The molecular formula is C13H11FN2O5. The Hall–Kier alpha value is -2.90. The van der Waals surface area contributed by atoms with E-state index in [1.54, 1.807) is 6.92 Å². The number of carboxylic acids is 1. The van der Waals surface area contributed by atoms with Gasteiger partial charge in [-0.25, -0.2) is 14.0 Å². The van der Waals surface area contributed by atoms with E-state index in [4.69, 9.17) is 14.3 Å². The molecule has 0 aliphatic rings. The van der Waals surface area contributed by atoms with E-state index in [1.165, 1.54) is 12.1 Å². The number of benzene rings is 1. The van der Waals surface area contributed by atoms with E-state index in [-0.39, 0.29) is 29.6 Å². The number of hydrogen-bond donors (Lipinski definition) is 2. The molecule has 0 aliphatic carbocycles. The SMILES string of the molecule is CCOC(=O)c1coc(Nc2ccc(C(=O)O)cc2F)n1. The molecule has 2 rings (SSSR count). The second-order valence-corrected chi connectivity index (χ2v) is 3.88. The van der Waals surface area contributed by atoms with Crippen molar-refractivity contribution in [3.63, 3.8) is 0 Å². The van der Waals surface area contributed by atoms with Crippen LogP contribution >= 0.6 is 0 Å². The van der Waals surface area contributed by atoms with Crippen LogP contribution in [-0.2, 0) is 4.74 Å². The predicted octanol–water partition coefficient (Wildman–Crippen LogP) is 2.43. The molecule has 0 spiro atoms. The van der Waals surface area contributed by atoms with Gasteiger partial charge in [-0.2, -0.15) is 4.98 Å². The van der Waals surface area contributed by atoms with Crippen LogP contribution in [0.3, 0.4) is 0 Å². The van der Waals surface area contributed by atoms with Gasteiger partial charge in [0, 0.05) is 0 Å². The average molecular weight is 294 g/mol. The molecule has 0 bridgehead atoms. The van der Waals surface area contributed by atoms with E-state index in [1.807, 2.05) is 0 Å². The van der Waals surface area contributed by atoms with E-state index < -0.39 is 17.8 Å². The maximum atomic E-state index is 13.7. The second kappa shape index (κ2) is 6.04. The Bertz CT molecular complexity index is 683. The Morgan fingerprint density at radius 3 is 2.86 bits per heavy atom. The summed E-state index contributed by atoms with van der Waals surface area (Å²) in [5, 5.41) is 11.2. The monoisotopic (exact) mass is 294 g/mol. The number of nitrogens with zero attached hydrogens (tertiary/aromatic N) is 1. The number of halogens is 1. The van der Waals surface area contributed by atoms with E-state index >= 15 is 0 Å². The third kappa shape index (κ3) is 3.35. The summed E-state index contributed by atoms with van der Waals surface area (Å²) in [4.78, 5) is 25.9. The van der Waals surface area contributed by atoms with Crippen molar-refractivity contribution in [3.05, 3.63) is 41.5 Å². The van der Waals surface area contributed by atoms with Crippen molar-refractivity contribution in [1.82, 2.24) is 4.98 Å². The van der Waals surface area contributed by atoms with Crippen LogP contribution < -0.4 is 5.32 Å². The first-order valence-corrected chi connectivity index (χ1v) is 5.93. The second-order valence-electron chi connectivity index (χ2n) is 3.88. The average Bonchev–Trinajstić information content (AvgIpc) is 2.90. The van der Waals surface area contributed by atoms with Gasteiger partial charge in [0.1, 0.15) is 12.1 Å². The number of carboxylic acid groups (broad SMARTS) is 1. The molecule has 0 fully saturated rings. The third-order valence-electron chi connectivity index (χ3n) is 2.45. The van der Waals surface area contributed by atoms with Crippen molar-refractivity contribution in [1.29, 1.82) is 0 Å². The van der Waals surface area contributed by atoms with Gasteiger partial charge in [-0.05, 0) is 25.1 Å². The fourth-order valence-corrected chi connectivity index (χ4v) is 1.49. The first-order valence-electron chi connectivity index (χ1n) is 5.93. The first kappa shape index (κ1) is 14.5. The molecule has 0 saturated carbocycles. The Morgan fingerprint density at radius 1 is 1.48 bits per heavy atom. The molecule has 0 unspecified atom stereocenters. The summed E-state index contributed by atoms with van der Waals surface area (Å²) in [5.41, 5.74) is -0.267. The zero-order chi connectivity index (χ0) is 15.4. The van der Waals surface area contributed by atoms with Gasteiger partial charge in [0.05, 0.1) is 17.9 Å². The number of nitrogens with one attached hydrogen (secondary N) is 1. The van der Waals surface area contributed by atoms with Crippen LogP contribution in [0, 0.1) is 5.82 Å². The van der Waals surface area contributed by atoms with Crippen LogP contribution in [0.1, 0.15) is 27.8 Å². The molecule has 0 saturated heterocycles. The van der Waals surface area contributed by atoms with Crippen molar-refractivity contribution in [2.24, 2.45) is 0 Å². The van der Waals surface area contributed by atoms with Crippen molar-refractivity contribution in [3.8, 4) is 0 Å². The molecule has 8 heteroatoms. The van der Waals surface area contributed by atoms with E-state index in [0.29, 0.717) is 0 Å². The molecule has 110 valence electrons. The first-order chi connectivity index (χ1) is 10.0. The van der Waals surface area contributed by atoms with Crippen LogP contribution in [0.5, 0.6) is 0 Å². The van der Waals surface area contributed by atoms with Gasteiger partial charge in [0.15, 0.2) is 5.69 Å². The summed E-state index contributed by atoms with van der Waals surface area (Å²) in [5.74, 6) is -2.68. The van der Waals surface area contributed by atoms with Crippen molar-refractivity contribution in [2.75, 3.05) is 11.9 Å². The van der Waals surface area contributed by atoms with Gasteiger partial charge in [-0.3, -0.25) is 0 Å². The van der Waals surface area contributed by atoms with Crippen molar-refractivity contribution < 1.29 is 28.2 Å². The molecule has 1 heterocycles. The number of carbonyl (C=O) groups is 2. The van der Waals surface area contributed by atoms with Gasteiger partial charge in [0.25, 0.3) is 6.01 Å². The van der Waals surface area contributed by atoms with Crippen LogP contribution in [0.2, 0.25) is 0 Å². The van der Waals surface area contributed by atoms with Crippen molar-refractivity contribution in [2.45, 2.75) is 6.92 Å². The number of anilines is 2. The Morgan fingerprint density at radius 2 is 2.24 bits per heavy atom. The Balaban J connectivity index is 2.15. The standard InChI is InChI=1S/C13H11FN2O5/c1-2-20-12(19)10-6-21-13(16-10)15-9-4-3-7(11(17)18)5-8(9)14/h3-6H,2H2,1H3,(H,15,16)(H,17,18). The minimum Gasteiger partial charge on any atom is -0.478 e. The number of oxazole rings is 1. The highest BCUT2D eigenvalue weighted by molar-refractivity contribution is 5.88. The summed E-state index contributed by atoms with van der Waals surface area (Å²) >= 11 is 0. The molecule has 7 nitrogen and oxygen atoms in total. The van der Waals surface area contributed by atoms with Crippen LogP contribution in [0.4, 0.5) is 16.1 Å². The Labute approximate surface area is 118 Å². The molecule has 0 aliphatic heterocycles. The molecule has 0 radical (unpaired) electrons. The van der Waals surface area contributed by atoms with Crippen LogP contribution in [0.15, 0.2) is 28.9 Å². The van der Waals surface area contributed by atoms with E-state index in [2.05, 4.69) is 10.3 Å². The van der Waals surface area contributed by atoms with Crippen molar-refractivity contribution >= 4 is 23.6 Å². The highest BCUT2D eigenvalue weighted by Gasteiger charge is 2.15. The summed E-state index contributed by atoms with van der Waals surface area (Å²) in [6.45, 7) is 1.84. The summed E-state index contributed by atoms with van der Waals surface area (Å²) < 4.78 is 23.4.